The molecule has 37 heavy (non-hydrogen) atoms. The fourth-order valence-corrected chi connectivity index (χ4v) is 3.37. The van der Waals surface area contributed by atoms with Gasteiger partial charge in [0, 0.05) is 19.0 Å². The Morgan fingerprint density at radius 1 is 0.919 bits per heavy atom. The summed E-state index contributed by atoms with van der Waals surface area (Å²) in [7, 11) is 1.67. The van der Waals surface area contributed by atoms with Crippen molar-refractivity contribution in [2.45, 2.75) is 125 Å². The Hall–Kier alpha value is -2.42. The van der Waals surface area contributed by atoms with Crippen LogP contribution in [-0.4, -0.2) is 65.0 Å². The molecule has 0 fully saturated rings. The molecule has 0 heterocycles. The number of likely N-dealkylation sites (N-methyl/N-ethyl adjacent to an activating group) is 1. The van der Waals surface area contributed by atoms with Gasteiger partial charge in [-0.3, -0.25) is 14.4 Å². The van der Waals surface area contributed by atoms with Gasteiger partial charge in [0.25, 0.3) is 0 Å². The second-order valence-electron chi connectivity index (χ2n) is 13.1. The first-order valence-electron chi connectivity index (χ1n) is 12.9. The van der Waals surface area contributed by atoms with Crippen LogP contribution in [-0.2, 0) is 28.7 Å². The van der Waals surface area contributed by atoms with Crippen LogP contribution < -0.4 is 11.1 Å². The highest BCUT2D eigenvalue weighted by Crippen LogP contribution is 2.22. The molecule has 0 aliphatic carbocycles. The molecule has 0 bridgehead atoms. The highest BCUT2D eigenvalue weighted by atomic mass is 16.6. The summed E-state index contributed by atoms with van der Waals surface area (Å²) in [5, 5.41) is 2.70. The number of ether oxygens (including phenoxy) is 2. The van der Waals surface area contributed by atoms with Gasteiger partial charge in [-0.05, 0) is 66.2 Å². The Kier molecular flexibility index (Phi) is 12.5. The quantitative estimate of drug-likeness (QED) is 0.328. The Morgan fingerprint density at radius 2 is 1.41 bits per heavy atom. The molecule has 0 aliphatic heterocycles. The van der Waals surface area contributed by atoms with Crippen molar-refractivity contribution in [3.63, 3.8) is 0 Å². The molecule has 0 spiro atoms. The first kappa shape index (κ1) is 34.6. The second-order valence-corrected chi connectivity index (χ2v) is 13.1. The standard InChI is InChI=1S/C28H51N3O6/c1-17(2)20(31(13)24(34)22(29)26(4,5)6)16-18(3)23(33)30-19(25(35)37-28(10,11)12)14-15-21(32)36-27(7,8)9/h16-17,19-20,22H,14-15,29H2,1-13H3,(H,30,33)/b18-16+/t19-,20-,22-/m1/s1. The summed E-state index contributed by atoms with van der Waals surface area (Å²) in [4.78, 5) is 52.7. The van der Waals surface area contributed by atoms with Gasteiger partial charge in [-0.1, -0.05) is 40.7 Å². The highest BCUT2D eigenvalue weighted by molar-refractivity contribution is 5.96. The van der Waals surface area contributed by atoms with Gasteiger partial charge < -0.3 is 25.4 Å². The van der Waals surface area contributed by atoms with E-state index in [2.05, 4.69) is 5.32 Å². The van der Waals surface area contributed by atoms with Crippen LogP contribution in [0.4, 0.5) is 0 Å². The molecule has 0 aromatic carbocycles. The fourth-order valence-electron chi connectivity index (χ4n) is 3.37. The van der Waals surface area contributed by atoms with E-state index < -0.39 is 52.6 Å². The molecule has 214 valence electrons. The van der Waals surface area contributed by atoms with E-state index >= 15 is 0 Å². The Morgan fingerprint density at radius 3 is 1.81 bits per heavy atom. The van der Waals surface area contributed by atoms with E-state index in [1.54, 1.807) is 66.5 Å². The fraction of sp³-hybridized carbons (Fsp3) is 0.786. The number of rotatable bonds is 10. The zero-order valence-electron chi connectivity index (χ0n) is 25.3. The van der Waals surface area contributed by atoms with Gasteiger partial charge >= 0.3 is 11.9 Å². The van der Waals surface area contributed by atoms with Gasteiger partial charge in [-0.2, -0.15) is 0 Å². The maximum absolute atomic E-state index is 13.1. The van der Waals surface area contributed by atoms with E-state index in [0.717, 1.165) is 0 Å². The van der Waals surface area contributed by atoms with E-state index in [1.807, 2.05) is 34.6 Å². The van der Waals surface area contributed by atoms with Crippen LogP contribution in [0.5, 0.6) is 0 Å². The molecule has 0 saturated heterocycles. The van der Waals surface area contributed by atoms with Crippen LogP contribution in [0.2, 0.25) is 0 Å². The maximum Gasteiger partial charge on any atom is 0.329 e. The van der Waals surface area contributed by atoms with Crippen LogP contribution in [0.1, 0.15) is 95.9 Å². The number of nitrogens with one attached hydrogen (secondary N) is 1. The summed E-state index contributed by atoms with van der Waals surface area (Å²) in [5.41, 5.74) is 4.67. The summed E-state index contributed by atoms with van der Waals surface area (Å²) in [6.45, 7) is 21.7. The number of carbonyl (C=O) groups is 4. The SMILES string of the molecule is C/C(=C\[C@H](C(C)C)N(C)C(=O)[C@@H](N)C(C)(C)C)C(=O)N[C@H](CCC(=O)OC(C)(C)C)C(=O)OC(C)(C)C. The number of nitrogens with two attached hydrogens (primary N) is 1. The van der Waals surface area contributed by atoms with Crippen molar-refractivity contribution in [3.05, 3.63) is 11.6 Å². The maximum atomic E-state index is 13.1. The van der Waals surface area contributed by atoms with Crippen molar-refractivity contribution in [3.8, 4) is 0 Å². The summed E-state index contributed by atoms with van der Waals surface area (Å²) in [6, 6.07) is -2.15. The minimum absolute atomic E-state index is 0.00214. The number of amides is 2. The van der Waals surface area contributed by atoms with Crippen molar-refractivity contribution in [2.24, 2.45) is 17.1 Å². The number of hydrogen-bond donors (Lipinski definition) is 2. The van der Waals surface area contributed by atoms with Crippen LogP contribution >= 0.6 is 0 Å². The molecule has 3 atom stereocenters. The lowest BCUT2D eigenvalue weighted by molar-refractivity contribution is -0.159. The van der Waals surface area contributed by atoms with Crippen molar-refractivity contribution in [1.82, 2.24) is 10.2 Å². The lowest BCUT2D eigenvalue weighted by atomic mass is 9.86. The zero-order valence-corrected chi connectivity index (χ0v) is 25.3. The summed E-state index contributed by atoms with van der Waals surface area (Å²) in [6.07, 6.45) is 1.66. The van der Waals surface area contributed by atoms with E-state index in [0.29, 0.717) is 5.57 Å². The first-order chi connectivity index (χ1) is 16.5. The number of nitrogens with zero attached hydrogens (tertiary/aromatic N) is 1. The van der Waals surface area contributed by atoms with Crippen molar-refractivity contribution < 1.29 is 28.7 Å². The molecule has 9 nitrogen and oxygen atoms in total. The largest absolute Gasteiger partial charge is 0.460 e. The monoisotopic (exact) mass is 525 g/mol. The third-order valence-electron chi connectivity index (χ3n) is 5.51. The Balaban J connectivity index is 5.79. The normalized spacial score (nSPS) is 15.5. The summed E-state index contributed by atoms with van der Waals surface area (Å²) < 4.78 is 10.8. The lowest BCUT2D eigenvalue weighted by Crippen LogP contribution is -2.53. The van der Waals surface area contributed by atoms with E-state index in [4.69, 9.17) is 15.2 Å². The van der Waals surface area contributed by atoms with Gasteiger partial charge in [0.1, 0.15) is 17.2 Å². The smallest absolute Gasteiger partial charge is 0.329 e. The molecule has 0 aliphatic rings. The predicted molar refractivity (Wildman–Crippen MR) is 145 cm³/mol. The third kappa shape index (κ3) is 13.1. The van der Waals surface area contributed by atoms with Gasteiger partial charge in [-0.25, -0.2) is 4.79 Å². The average molecular weight is 526 g/mol. The van der Waals surface area contributed by atoms with Gasteiger partial charge in [0.05, 0.1) is 12.1 Å². The van der Waals surface area contributed by atoms with Crippen molar-refractivity contribution in [2.75, 3.05) is 7.05 Å². The zero-order chi connectivity index (χ0) is 29.5. The van der Waals surface area contributed by atoms with Crippen LogP contribution in [0, 0.1) is 11.3 Å². The molecule has 0 unspecified atom stereocenters. The minimum atomic E-state index is -1.05. The molecule has 9 heteroatoms. The number of hydrogen-bond acceptors (Lipinski definition) is 7. The van der Waals surface area contributed by atoms with E-state index in [9.17, 15) is 19.2 Å². The molecular formula is C28H51N3O6. The first-order valence-corrected chi connectivity index (χ1v) is 12.9. The summed E-state index contributed by atoms with van der Waals surface area (Å²) >= 11 is 0. The number of carbonyl (C=O) groups excluding carboxylic acids is 4. The lowest BCUT2D eigenvalue weighted by Gasteiger charge is -2.35. The minimum Gasteiger partial charge on any atom is -0.460 e. The van der Waals surface area contributed by atoms with Crippen LogP contribution in [0.25, 0.3) is 0 Å². The molecule has 0 aromatic heterocycles. The molecular weight excluding hydrogens is 474 g/mol. The Bertz CT molecular complexity index is 843. The second kappa shape index (κ2) is 13.4. The number of esters is 2. The predicted octanol–water partition coefficient (Wildman–Crippen LogP) is 3.74. The molecule has 0 saturated carbocycles. The van der Waals surface area contributed by atoms with Crippen LogP contribution in [0.3, 0.4) is 0 Å². The van der Waals surface area contributed by atoms with Crippen molar-refractivity contribution >= 4 is 23.8 Å². The highest BCUT2D eigenvalue weighted by Gasteiger charge is 2.33. The average Bonchev–Trinajstić information content (AvgIpc) is 2.69. The van der Waals surface area contributed by atoms with Gasteiger partial charge in [-0.15, -0.1) is 0 Å². The molecule has 0 aromatic rings. The molecule has 2 amide bonds. The van der Waals surface area contributed by atoms with E-state index in [-0.39, 0.29) is 24.7 Å². The van der Waals surface area contributed by atoms with Gasteiger partial charge in [0.15, 0.2) is 0 Å². The summed E-state index contributed by atoms with van der Waals surface area (Å²) in [5.74, 6) is -1.83. The third-order valence-corrected chi connectivity index (χ3v) is 5.51. The van der Waals surface area contributed by atoms with Gasteiger partial charge in [0.2, 0.25) is 11.8 Å². The van der Waals surface area contributed by atoms with Crippen molar-refractivity contribution in [1.29, 1.82) is 0 Å². The molecule has 0 rings (SSSR count). The molecule has 0 radical (unpaired) electrons. The Labute approximate surface area is 223 Å². The molecule has 3 N–H and O–H groups in total. The van der Waals surface area contributed by atoms with Crippen LogP contribution in [0.15, 0.2) is 11.6 Å². The topological polar surface area (TPSA) is 128 Å². The van der Waals surface area contributed by atoms with E-state index in [1.165, 1.54) is 0 Å².